The zero-order valence-corrected chi connectivity index (χ0v) is 10.4. The summed E-state index contributed by atoms with van der Waals surface area (Å²) in [6.45, 7) is -0.869. The molecule has 0 saturated carbocycles. The highest BCUT2D eigenvalue weighted by Gasteiger charge is 2.15. The van der Waals surface area contributed by atoms with Gasteiger partial charge in [0.05, 0.1) is 12.1 Å². The summed E-state index contributed by atoms with van der Waals surface area (Å²) in [4.78, 5) is 32.8. The van der Waals surface area contributed by atoms with Gasteiger partial charge in [-0.2, -0.15) is 0 Å². The minimum Gasteiger partial charge on any atom is -0.483 e. The number of primary amides is 1. The third-order valence-corrected chi connectivity index (χ3v) is 2.29. The van der Waals surface area contributed by atoms with E-state index in [9.17, 15) is 14.4 Å². The molecule has 1 aromatic rings. The van der Waals surface area contributed by atoms with Gasteiger partial charge >= 0.3 is 5.97 Å². The zero-order chi connectivity index (χ0) is 15.1. The highest BCUT2D eigenvalue weighted by molar-refractivity contribution is 5.95. The fourth-order valence-corrected chi connectivity index (χ4v) is 1.29. The van der Waals surface area contributed by atoms with Crippen molar-refractivity contribution in [2.75, 3.05) is 13.2 Å². The van der Waals surface area contributed by atoms with Gasteiger partial charge in [0.25, 0.3) is 11.8 Å². The third-order valence-electron chi connectivity index (χ3n) is 2.29. The average molecular weight is 282 g/mol. The quantitative estimate of drug-likeness (QED) is 0.491. The van der Waals surface area contributed by atoms with Gasteiger partial charge < -0.3 is 26.0 Å². The Morgan fingerprint density at radius 1 is 1.30 bits per heavy atom. The average Bonchev–Trinajstić information content (AvgIpc) is 2.42. The topological polar surface area (TPSA) is 139 Å². The van der Waals surface area contributed by atoms with Crippen LogP contribution in [-0.2, 0) is 9.59 Å². The van der Waals surface area contributed by atoms with Crippen molar-refractivity contribution in [2.45, 2.75) is 6.10 Å². The number of hydrogen-bond acceptors (Lipinski definition) is 5. The summed E-state index contributed by atoms with van der Waals surface area (Å²) in [5.41, 5.74) is 5.27. The van der Waals surface area contributed by atoms with E-state index in [1.54, 1.807) is 12.1 Å². The van der Waals surface area contributed by atoms with Gasteiger partial charge in [0.15, 0.2) is 12.7 Å². The number of nitrogens with one attached hydrogen (secondary N) is 1. The van der Waals surface area contributed by atoms with Gasteiger partial charge in [0.1, 0.15) is 5.75 Å². The molecule has 108 valence electrons. The maximum atomic E-state index is 11.4. The first-order valence-corrected chi connectivity index (χ1v) is 5.61. The van der Waals surface area contributed by atoms with E-state index in [4.69, 9.17) is 20.7 Å². The number of carbonyl (C=O) groups excluding carboxylic acids is 2. The molecule has 1 aromatic carbocycles. The minimum atomic E-state index is -1.68. The molecule has 0 unspecified atom stereocenters. The van der Waals surface area contributed by atoms with E-state index < -0.39 is 37.0 Å². The first-order chi connectivity index (χ1) is 9.41. The lowest BCUT2D eigenvalue weighted by Gasteiger charge is -2.10. The molecule has 1 atom stereocenters. The fraction of sp³-hybridized carbons (Fsp3) is 0.250. The van der Waals surface area contributed by atoms with Gasteiger partial charge in [-0.25, -0.2) is 4.79 Å². The van der Waals surface area contributed by atoms with Gasteiger partial charge in [-0.3, -0.25) is 9.59 Å². The standard InChI is InChI=1S/C12H14N2O6/c13-11(17)7-3-1-2-4-9(7)20-6-10(16)14-5-8(15)12(18)19/h1-4,8,15H,5-6H2,(H2,13,17)(H,14,16)(H,18,19)/t8-/m0/s1. The van der Waals surface area contributed by atoms with Crippen LogP contribution in [0.3, 0.4) is 0 Å². The zero-order valence-electron chi connectivity index (χ0n) is 10.4. The lowest BCUT2D eigenvalue weighted by atomic mass is 10.2. The van der Waals surface area contributed by atoms with Crippen molar-refractivity contribution >= 4 is 17.8 Å². The molecule has 0 spiro atoms. The van der Waals surface area contributed by atoms with Crippen molar-refractivity contribution in [3.05, 3.63) is 29.8 Å². The number of aliphatic hydroxyl groups excluding tert-OH is 1. The molecule has 0 aliphatic heterocycles. The Labute approximate surface area is 114 Å². The van der Waals surface area contributed by atoms with Crippen LogP contribution >= 0.6 is 0 Å². The van der Waals surface area contributed by atoms with Gasteiger partial charge in [-0.1, -0.05) is 12.1 Å². The van der Waals surface area contributed by atoms with Gasteiger partial charge in [0, 0.05) is 0 Å². The second-order valence-electron chi connectivity index (χ2n) is 3.81. The first-order valence-electron chi connectivity index (χ1n) is 5.61. The van der Waals surface area contributed by atoms with E-state index in [0.717, 1.165) is 0 Å². The number of aliphatic hydroxyl groups is 1. The summed E-state index contributed by atoms with van der Waals surface area (Å²) in [5.74, 6) is -2.62. The molecule has 0 aliphatic carbocycles. The van der Waals surface area contributed by atoms with Crippen molar-refractivity contribution < 1.29 is 29.3 Å². The number of amides is 2. The second kappa shape index (κ2) is 7.10. The Morgan fingerprint density at radius 3 is 2.55 bits per heavy atom. The molecular weight excluding hydrogens is 268 g/mol. The van der Waals surface area contributed by atoms with Crippen molar-refractivity contribution in [3.63, 3.8) is 0 Å². The predicted octanol–water partition coefficient (Wildman–Crippen LogP) is -1.27. The maximum Gasteiger partial charge on any atom is 0.334 e. The summed E-state index contributed by atoms with van der Waals surface area (Å²) < 4.78 is 5.11. The summed E-state index contributed by atoms with van der Waals surface area (Å²) in [7, 11) is 0. The van der Waals surface area contributed by atoms with Gasteiger partial charge in [0.2, 0.25) is 0 Å². The highest BCUT2D eigenvalue weighted by Crippen LogP contribution is 2.16. The van der Waals surface area contributed by atoms with Crippen LogP contribution in [0.4, 0.5) is 0 Å². The summed E-state index contributed by atoms with van der Waals surface area (Å²) in [6.07, 6.45) is -1.68. The minimum absolute atomic E-state index is 0.130. The van der Waals surface area contributed by atoms with Crippen LogP contribution in [0.2, 0.25) is 0 Å². The number of nitrogens with two attached hydrogens (primary N) is 1. The number of aliphatic carboxylic acids is 1. The summed E-state index contributed by atoms with van der Waals surface area (Å²) >= 11 is 0. The molecule has 0 heterocycles. The largest absolute Gasteiger partial charge is 0.483 e. The van der Waals surface area contributed by atoms with Crippen LogP contribution in [-0.4, -0.2) is 47.3 Å². The molecule has 0 fully saturated rings. The molecule has 8 heteroatoms. The van der Waals surface area contributed by atoms with Crippen molar-refractivity contribution in [1.29, 1.82) is 0 Å². The molecule has 0 radical (unpaired) electrons. The lowest BCUT2D eigenvalue weighted by Crippen LogP contribution is -2.38. The molecule has 8 nitrogen and oxygen atoms in total. The summed E-state index contributed by atoms with van der Waals surface area (Å²) in [5, 5.41) is 19.5. The lowest BCUT2D eigenvalue weighted by molar-refractivity contribution is -0.146. The van der Waals surface area contributed by atoms with E-state index in [1.807, 2.05) is 0 Å². The number of carboxylic acids is 1. The Hall–Kier alpha value is -2.61. The summed E-state index contributed by atoms with van der Waals surface area (Å²) in [6, 6.07) is 6.12. The van der Waals surface area contributed by atoms with Crippen LogP contribution in [0.1, 0.15) is 10.4 Å². The van der Waals surface area contributed by atoms with Gasteiger partial charge in [-0.05, 0) is 12.1 Å². The normalized spacial score (nSPS) is 11.4. The van der Waals surface area contributed by atoms with E-state index in [-0.39, 0.29) is 11.3 Å². The third kappa shape index (κ3) is 4.58. The number of carboxylic acid groups (broad SMARTS) is 1. The van der Waals surface area contributed by atoms with Crippen molar-refractivity contribution in [1.82, 2.24) is 5.32 Å². The van der Waals surface area contributed by atoms with Crippen LogP contribution in [0.15, 0.2) is 24.3 Å². The molecule has 0 saturated heterocycles. The number of hydrogen-bond donors (Lipinski definition) is 4. The maximum absolute atomic E-state index is 11.4. The molecule has 20 heavy (non-hydrogen) atoms. The highest BCUT2D eigenvalue weighted by atomic mass is 16.5. The molecule has 0 bridgehead atoms. The number of ether oxygens (including phenoxy) is 1. The Balaban J connectivity index is 2.49. The van der Waals surface area contributed by atoms with Crippen LogP contribution in [0.5, 0.6) is 5.75 Å². The SMILES string of the molecule is NC(=O)c1ccccc1OCC(=O)NC[C@H](O)C(=O)O. The second-order valence-corrected chi connectivity index (χ2v) is 3.81. The number of rotatable bonds is 7. The van der Waals surface area contributed by atoms with Crippen molar-refractivity contribution in [3.8, 4) is 5.75 Å². The molecular formula is C12H14N2O6. The fourth-order valence-electron chi connectivity index (χ4n) is 1.29. The number of carbonyl (C=O) groups is 3. The predicted molar refractivity (Wildman–Crippen MR) is 67.1 cm³/mol. The van der Waals surface area contributed by atoms with E-state index in [1.165, 1.54) is 12.1 Å². The van der Waals surface area contributed by atoms with Gasteiger partial charge in [-0.15, -0.1) is 0 Å². The molecule has 0 aromatic heterocycles. The van der Waals surface area contributed by atoms with Crippen LogP contribution < -0.4 is 15.8 Å². The molecule has 2 amide bonds. The molecule has 1 rings (SSSR count). The Kier molecular flexibility index (Phi) is 5.48. The molecule has 0 aliphatic rings. The monoisotopic (exact) mass is 282 g/mol. The number of para-hydroxylation sites is 1. The Morgan fingerprint density at radius 2 is 1.95 bits per heavy atom. The van der Waals surface area contributed by atoms with E-state index >= 15 is 0 Å². The van der Waals surface area contributed by atoms with Crippen LogP contribution in [0, 0.1) is 0 Å². The first kappa shape index (κ1) is 15.4. The van der Waals surface area contributed by atoms with Crippen LogP contribution in [0.25, 0.3) is 0 Å². The van der Waals surface area contributed by atoms with E-state index in [2.05, 4.69) is 5.32 Å². The smallest absolute Gasteiger partial charge is 0.334 e. The number of benzene rings is 1. The van der Waals surface area contributed by atoms with E-state index in [0.29, 0.717) is 0 Å². The van der Waals surface area contributed by atoms with Crippen molar-refractivity contribution in [2.24, 2.45) is 5.73 Å². The Bertz CT molecular complexity index is 516. The molecule has 5 N–H and O–H groups in total.